The molecule has 5 amide bonds. The average Bonchev–Trinajstić information content (AvgIpc) is 4.01. The second-order valence-electron chi connectivity index (χ2n) is 15.8. The molecule has 6 atom stereocenters. The molecule has 2 aliphatic carbocycles. The molecule has 13 nitrogen and oxygen atoms in total. The van der Waals surface area contributed by atoms with Crippen LogP contribution in [0.3, 0.4) is 0 Å². The van der Waals surface area contributed by atoms with Crippen LogP contribution >= 0.6 is 10.7 Å². The molecular weight excluding hydrogens is 721 g/mol. The number of allylic oxidation sites excluding steroid dienone is 1. The summed E-state index contributed by atoms with van der Waals surface area (Å²) in [5.41, 5.74) is 0.324. The molecule has 1 aromatic carbocycles. The Hall–Kier alpha value is -4.33. The number of nitrogens with zero attached hydrogens (tertiary/aromatic N) is 3. The summed E-state index contributed by atoms with van der Waals surface area (Å²) in [5, 5.41) is 8.65. The monoisotopic (exact) mass is 780 g/mol. The maximum Gasteiger partial charge on any atom is 0.317 e. The lowest BCUT2D eigenvalue weighted by molar-refractivity contribution is -0.140. The van der Waals surface area contributed by atoms with Crippen molar-refractivity contribution in [3.8, 4) is 17.4 Å². The highest BCUT2D eigenvalue weighted by atomic mass is 32.2. The van der Waals surface area contributed by atoms with Crippen LogP contribution in [-0.2, 0) is 14.4 Å². The van der Waals surface area contributed by atoms with E-state index in [0.717, 1.165) is 43.1 Å². The number of ether oxygens (including phenoxy) is 3. The van der Waals surface area contributed by atoms with E-state index >= 15 is 0 Å². The van der Waals surface area contributed by atoms with Gasteiger partial charge in [0.05, 0.1) is 25.3 Å². The number of fused-ring (bicyclic) bond motifs is 1. The Morgan fingerprint density at radius 1 is 1.15 bits per heavy atom. The maximum absolute atomic E-state index is 14.6. The van der Waals surface area contributed by atoms with E-state index in [2.05, 4.69) is 40.6 Å². The Morgan fingerprint density at radius 3 is 2.49 bits per heavy atom. The molecule has 2 heterocycles. The van der Waals surface area contributed by atoms with Gasteiger partial charge < -0.3 is 39.4 Å². The van der Waals surface area contributed by atoms with Crippen LogP contribution in [0.4, 0.5) is 4.79 Å². The van der Waals surface area contributed by atoms with Gasteiger partial charge in [0.25, 0.3) is 5.91 Å². The SMILES string of the molecule is C/C=S(/NC(=O)[C@@]1(NC(=O)[C@@H]2C[C@@H](Oc3cc(OC(C)C)nc4c(C)c(OC)ccc34)CN2C(=O)[C@H](C)NC(=O)N(C)C)C[C@H]1/C=C\CCCC)C1(C)CC1. The van der Waals surface area contributed by atoms with Crippen LogP contribution in [0.1, 0.15) is 92.1 Å². The molecule has 1 saturated heterocycles. The smallest absolute Gasteiger partial charge is 0.317 e. The highest BCUT2D eigenvalue weighted by molar-refractivity contribution is 8.15. The lowest BCUT2D eigenvalue weighted by Gasteiger charge is -2.29. The van der Waals surface area contributed by atoms with Gasteiger partial charge in [-0.2, -0.15) is 0 Å². The minimum absolute atomic E-state index is 0.0319. The Morgan fingerprint density at radius 2 is 1.87 bits per heavy atom. The number of methoxy groups -OCH3 is 1. The van der Waals surface area contributed by atoms with Crippen molar-refractivity contribution in [2.45, 2.75) is 128 Å². The van der Waals surface area contributed by atoms with Gasteiger partial charge in [0.1, 0.15) is 35.2 Å². The minimum atomic E-state index is -1.14. The van der Waals surface area contributed by atoms with Crippen LogP contribution in [0.2, 0.25) is 0 Å². The highest BCUT2D eigenvalue weighted by Gasteiger charge is 2.61. The number of carbonyl (C=O) groups is 4. The van der Waals surface area contributed by atoms with Crippen molar-refractivity contribution >= 4 is 50.7 Å². The molecule has 55 heavy (non-hydrogen) atoms. The number of unbranched alkanes of at least 4 members (excludes halogenated alkanes) is 2. The zero-order valence-electron chi connectivity index (χ0n) is 34.1. The number of nitrogens with one attached hydrogen (secondary N) is 3. The number of pyridine rings is 1. The van der Waals surface area contributed by atoms with E-state index < -0.39 is 52.2 Å². The topological polar surface area (TPSA) is 151 Å². The van der Waals surface area contributed by atoms with Crippen molar-refractivity contribution in [1.82, 2.24) is 30.1 Å². The van der Waals surface area contributed by atoms with Gasteiger partial charge in [-0.05, 0) is 84.7 Å². The lowest BCUT2D eigenvalue weighted by atomic mass is 10.1. The highest BCUT2D eigenvalue weighted by Crippen LogP contribution is 2.52. The molecule has 1 aromatic heterocycles. The third-order valence-electron chi connectivity index (χ3n) is 10.7. The summed E-state index contributed by atoms with van der Waals surface area (Å²) in [5.74, 6) is 0.278. The lowest BCUT2D eigenvalue weighted by Crippen LogP contribution is -2.57. The van der Waals surface area contributed by atoms with Gasteiger partial charge in [0.2, 0.25) is 17.7 Å². The predicted octanol–water partition coefficient (Wildman–Crippen LogP) is 5.64. The summed E-state index contributed by atoms with van der Waals surface area (Å²) < 4.78 is 21.6. The van der Waals surface area contributed by atoms with Crippen molar-refractivity contribution in [2.75, 3.05) is 27.7 Å². The van der Waals surface area contributed by atoms with Crippen LogP contribution in [0.25, 0.3) is 10.9 Å². The number of urea groups is 1. The zero-order valence-corrected chi connectivity index (χ0v) is 34.9. The van der Waals surface area contributed by atoms with Gasteiger partial charge in [-0.3, -0.25) is 14.4 Å². The number of carbonyl (C=O) groups excluding carboxylic acids is 4. The van der Waals surface area contributed by atoms with Crippen LogP contribution in [-0.4, -0.2) is 106 Å². The number of aromatic nitrogens is 1. The van der Waals surface area contributed by atoms with Crippen molar-refractivity contribution in [2.24, 2.45) is 5.92 Å². The fourth-order valence-electron chi connectivity index (χ4n) is 7.08. The number of benzene rings is 1. The predicted molar refractivity (Wildman–Crippen MR) is 218 cm³/mol. The number of hydrogen-bond acceptors (Lipinski definition) is 8. The third-order valence-corrected chi connectivity index (χ3v) is 13.1. The van der Waals surface area contributed by atoms with Crippen LogP contribution in [0.15, 0.2) is 30.4 Å². The van der Waals surface area contributed by atoms with Crippen LogP contribution < -0.4 is 29.6 Å². The molecule has 302 valence electrons. The molecule has 0 spiro atoms. The van der Waals surface area contributed by atoms with Gasteiger partial charge in [0.15, 0.2) is 0 Å². The molecule has 0 bridgehead atoms. The fourth-order valence-corrected chi connectivity index (χ4v) is 8.93. The summed E-state index contributed by atoms with van der Waals surface area (Å²) in [4.78, 5) is 63.0. The Balaban J connectivity index is 1.46. The van der Waals surface area contributed by atoms with E-state index in [4.69, 9.17) is 19.2 Å². The third kappa shape index (κ3) is 9.38. The number of likely N-dealkylation sites (tertiary alicyclic amines) is 1. The molecule has 5 rings (SSSR count). The van der Waals surface area contributed by atoms with Crippen LogP contribution in [0.5, 0.6) is 17.4 Å². The van der Waals surface area contributed by atoms with Crippen molar-refractivity contribution < 1.29 is 33.4 Å². The van der Waals surface area contributed by atoms with E-state index in [9.17, 15) is 19.2 Å². The van der Waals surface area contributed by atoms with Gasteiger partial charge >= 0.3 is 6.03 Å². The van der Waals surface area contributed by atoms with Crippen LogP contribution in [0, 0.1) is 12.8 Å². The molecule has 14 heteroatoms. The van der Waals surface area contributed by atoms with E-state index in [0.29, 0.717) is 29.3 Å². The second kappa shape index (κ2) is 17.2. The van der Waals surface area contributed by atoms with Crippen molar-refractivity contribution in [3.63, 3.8) is 0 Å². The first kappa shape index (κ1) is 41.8. The summed E-state index contributed by atoms with van der Waals surface area (Å²) in [6.45, 7) is 13.7. The number of amides is 5. The molecule has 3 N–H and O–H groups in total. The molecule has 2 saturated carbocycles. The molecule has 3 aliphatic rings. The quantitative estimate of drug-likeness (QED) is 0.113. The number of aryl methyl sites for hydroxylation is 1. The van der Waals surface area contributed by atoms with Crippen molar-refractivity contribution in [3.05, 3.63) is 35.9 Å². The second-order valence-corrected chi connectivity index (χ2v) is 18.1. The van der Waals surface area contributed by atoms with Gasteiger partial charge in [-0.15, -0.1) is 0 Å². The van der Waals surface area contributed by atoms with E-state index in [1.807, 2.05) is 45.9 Å². The Labute approximate surface area is 328 Å². The first-order valence-electron chi connectivity index (χ1n) is 19.5. The van der Waals surface area contributed by atoms with Gasteiger partial charge in [-0.1, -0.05) is 42.6 Å². The minimum Gasteiger partial charge on any atom is -0.496 e. The normalized spacial score (nSPS) is 23.7. The fraction of sp³-hybridized carbons (Fsp3) is 0.610. The molecular formula is C41H60N6O7S. The summed E-state index contributed by atoms with van der Waals surface area (Å²) >= 11 is 0. The number of hydrogen-bond donors (Lipinski definition) is 3. The van der Waals surface area contributed by atoms with Gasteiger partial charge in [0, 0.05) is 48.2 Å². The molecule has 0 radical (unpaired) electrons. The molecule has 1 unspecified atom stereocenters. The molecule has 2 aromatic rings. The Kier molecular flexibility index (Phi) is 13.1. The van der Waals surface area contributed by atoms with Crippen molar-refractivity contribution in [1.29, 1.82) is 0 Å². The summed E-state index contributed by atoms with van der Waals surface area (Å²) in [6, 6.07) is 3.12. The Bertz CT molecular complexity index is 1840. The first-order valence-corrected chi connectivity index (χ1v) is 20.8. The first-order chi connectivity index (χ1) is 26.1. The van der Waals surface area contributed by atoms with E-state index in [-0.39, 0.29) is 35.6 Å². The maximum atomic E-state index is 14.6. The largest absolute Gasteiger partial charge is 0.496 e. The zero-order chi connectivity index (χ0) is 40.2. The average molecular weight is 781 g/mol. The summed E-state index contributed by atoms with van der Waals surface area (Å²) in [7, 11) is 4.34. The standard InChI is InChI=1S/C41H60N6O7S/c1-11-13-14-15-16-28-23-41(28,38(50)45-55(12-2)40(7)19-20-40)44-36(48)31-21-29(24-47(31)37(49)27(6)42-39(51)46(8)9)54-33-22-34(53-25(3)4)43-35-26(5)32(52-10)18-17-30(33)35/h12,15-18,22,25,27-29,31H,11,13-14,19-21,23-24H2,1-10H3,(H,42,51)(H,44,48)(H,45,50)/b16-15-/t27-,28+,29+,31-,41+,55?/m0/s1. The molecule has 3 fully saturated rings. The van der Waals surface area contributed by atoms with E-state index in [1.54, 1.807) is 34.2 Å². The number of rotatable bonds is 16. The van der Waals surface area contributed by atoms with E-state index in [1.165, 1.54) is 9.80 Å². The summed E-state index contributed by atoms with van der Waals surface area (Å²) in [6.07, 6.45) is 9.07. The van der Waals surface area contributed by atoms with Gasteiger partial charge in [-0.25, -0.2) is 9.78 Å². The molecule has 1 aliphatic heterocycles.